The highest BCUT2D eigenvalue weighted by Gasteiger charge is 2.42. The summed E-state index contributed by atoms with van der Waals surface area (Å²) in [5.74, 6) is 0.119. The Hall–Kier alpha value is -1.76. The molecule has 2 rings (SSSR count). The molecule has 0 aliphatic carbocycles. The number of amides is 1. The van der Waals surface area contributed by atoms with E-state index >= 15 is 0 Å². The zero-order valence-corrected chi connectivity index (χ0v) is 15.0. The second kappa shape index (κ2) is 5.40. The maximum atomic E-state index is 12.5. The number of carbonyl (C=O) groups is 1. The van der Waals surface area contributed by atoms with Gasteiger partial charge in [-0.25, -0.2) is 8.42 Å². The Bertz CT molecular complexity index is 738. The first-order valence-corrected chi connectivity index (χ1v) is 9.32. The van der Waals surface area contributed by atoms with E-state index in [1.54, 1.807) is 18.2 Å². The van der Waals surface area contributed by atoms with Crippen LogP contribution in [0, 0.1) is 0 Å². The van der Waals surface area contributed by atoms with E-state index in [4.69, 9.17) is 10.5 Å². The van der Waals surface area contributed by atoms with E-state index in [-0.39, 0.29) is 6.04 Å². The fourth-order valence-electron chi connectivity index (χ4n) is 2.50. The number of nitrogens with one attached hydrogen (secondary N) is 1. The Kier molecular flexibility index (Phi) is 4.13. The Morgan fingerprint density at radius 3 is 2.57 bits per heavy atom. The summed E-state index contributed by atoms with van der Waals surface area (Å²) in [5, 5.41) is 2.85. The van der Waals surface area contributed by atoms with E-state index in [9.17, 15) is 13.2 Å². The minimum atomic E-state index is -3.53. The van der Waals surface area contributed by atoms with Crippen LogP contribution in [0.3, 0.4) is 0 Å². The number of sulfone groups is 1. The number of benzene rings is 1. The molecule has 1 unspecified atom stereocenters. The number of rotatable bonds is 3. The van der Waals surface area contributed by atoms with Gasteiger partial charge in [0.25, 0.3) is 0 Å². The molecule has 1 aliphatic heterocycles. The van der Waals surface area contributed by atoms with Crippen LogP contribution in [0.25, 0.3) is 0 Å². The first-order chi connectivity index (χ1) is 10.3. The summed E-state index contributed by atoms with van der Waals surface area (Å²) in [4.78, 5) is 12.5. The molecule has 3 N–H and O–H groups in total. The molecule has 1 heterocycles. The minimum Gasteiger partial charge on any atom is -0.487 e. The van der Waals surface area contributed by atoms with Gasteiger partial charge < -0.3 is 15.8 Å². The number of fused-ring (bicyclic) bond motifs is 1. The standard InChI is InChI=1S/C16H24N2O4S/c1-15(2)9-12(11-8-10(17)6-7-13(11)22-15)18-14(19)16(3,4)23(5,20)21/h6-8,12H,9,17H2,1-5H3,(H,18,19). The van der Waals surface area contributed by atoms with Crippen molar-refractivity contribution in [1.29, 1.82) is 0 Å². The topological polar surface area (TPSA) is 98.5 Å². The van der Waals surface area contributed by atoms with Crippen LogP contribution in [0.4, 0.5) is 5.69 Å². The largest absolute Gasteiger partial charge is 0.487 e. The molecule has 1 aromatic rings. The van der Waals surface area contributed by atoms with Gasteiger partial charge in [-0.1, -0.05) is 0 Å². The SMILES string of the molecule is CC1(C)CC(NC(=O)C(C)(C)S(C)(=O)=O)c2cc(N)ccc2O1. The quantitative estimate of drug-likeness (QED) is 0.818. The van der Waals surface area contributed by atoms with Gasteiger partial charge in [0, 0.05) is 23.9 Å². The molecule has 1 amide bonds. The first kappa shape index (κ1) is 17.6. The monoisotopic (exact) mass is 340 g/mol. The van der Waals surface area contributed by atoms with E-state index in [2.05, 4.69) is 5.32 Å². The molecular weight excluding hydrogens is 316 g/mol. The Balaban J connectivity index is 2.37. The van der Waals surface area contributed by atoms with E-state index in [0.717, 1.165) is 11.8 Å². The van der Waals surface area contributed by atoms with Crippen molar-refractivity contribution in [1.82, 2.24) is 5.32 Å². The molecule has 0 saturated carbocycles. The maximum absolute atomic E-state index is 12.5. The van der Waals surface area contributed by atoms with Crippen LogP contribution in [0.2, 0.25) is 0 Å². The predicted octanol–water partition coefficient (Wildman–Crippen LogP) is 1.81. The van der Waals surface area contributed by atoms with Crippen molar-refractivity contribution < 1.29 is 17.9 Å². The Morgan fingerprint density at radius 1 is 1.39 bits per heavy atom. The van der Waals surface area contributed by atoms with Crippen molar-refractivity contribution in [3.05, 3.63) is 23.8 Å². The van der Waals surface area contributed by atoms with Crippen LogP contribution >= 0.6 is 0 Å². The molecule has 0 saturated heterocycles. The molecule has 7 heteroatoms. The zero-order chi connectivity index (χ0) is 17.6. The lowest BCUT2D eigenvalue weighted by atomic mass is 9.89. The van der Waals surface area contributed by atoms with Gasteiger partial charge in [0.1, 0.15) is 16.1 Å². The van der Waals surface area contributed by atoms with Gasteiger partial charge in [-0.2, -0.15) is 0 Å². The fourth-order valence-corrected chi connectivity index (χ4v) is 2.90. The average Bonchev–Trinajstić information content (AvgIpc) is 2.37. The van der Waals surface area contributed by atoms with Crippen molar-refractivity contribution in [2.24, 2.45) is 0 Å². The van der Waals surface area contributed by atoms with E-state index < -0.39 is 26.1 Å². The molecule has 0 bridgehead atoms. The summed E-state index contributed by atoms with van der Waals surface area (Å²) in [7, 11) is -3.53. The summed E-state index contributed by atoms with van der Waals surface area (Å²) in [6, 6.07) is 4.90. The van der Waals surface area contributed by atoms with Crippen molar-refractivity contribution >= 4 is 21.4 Å². The predicted molar refractivity (Wildman–Crippen MR) is 90.0 cm³/mol. The lowest BCUT2D eigenvalue weighted by Crippen LogP contribution is -2.50. The van der Waals surface area contributed by atoms with Crippen LogP contribution in [-0.4, -0.2) is 30.9 Å². The Labute approximate surface area is 137 Å². The second-order valence-electron chi connectivity index (χ2n) is 7.17. The fraction of sp³-hybridized carbons (Fsp3) is 0.562. The number of nitrogens with two attached hydrogens (primary N) is 1. The summed E-state index contributed by atoms with van der Waals surface area (Å²) in [6.45, 7) is 6.66. The molecule has 0 spiro atoms. The normalized spacial score (nSPS) is 20.3. The third-order valence-corrected chi connectivity index (χ3v) is 6.31. The van der Waals surface area contributed by atoms with Gasteiger partial charge in [-0.05, 0) is 45.9 Å². The number of ether oxygens (including phenoxy) is 1. The molecule has 0 aromatic heterocycles. The van der Waals surface area contributed by atoms with Crippen molar-refractivity contribution in [3.8, 4) is 5.75 Å². The number of nitrogen functional groups attached to an aromatic ring is 1. The second-order valence-corrected chi connectivity index (χ2v) is 9.74. The average molecular weight is 340 g/mol. The molecule has 23 heavy (non-hydrogen) atoms. The summed E-state index contributed by atoms with van der Waals surface area (Å²) in [5.41, 5.74) is 6.69. The highest BCUT2D eigenvalue weighted by Crippen LogP contribution is 2.40. The van der Waals surface area contributed by atoms with E-state index in [0.29, 0.717) is 17.9 Å². The van der Waals surface area contributed by atoms with Crippen LogP contribution in [-0.2, 0) is 14.6 Å². The lowest BCUT2D eigenvalue weighted by molar-refractivity contribution is -0.124. The van der Waals surface area contributed by atoms with Gasteiger partial charge in [0.05, 0.1) is 6.04 Å². The maximum Gasteiger partial charge on any atom is 0.241 e. The van der Waals surface area contributed by atoms with Gasteiger partial charge in [-0.3, -0.25) is 4.79 Å². The van der Waals surface area contributed by atoms with Gasteiger partial charge in [-0.15, -0.1) is 0 Å². The van der Waals surface area contributed by atoms with E-state index in [1.807, 2.05) is 13.8 Å². The summed E-state index contributed by atoms with van der Waals surface area (Å²) in [6.07, 6.45) is 1.58. The molecule has 1 aliphatic rings. The third-order valence-electron chi connectivity index (χ3n) is 4.27. The molecular formula is C16H24N2O4S. The molecule has 0 radical (unpaired) electrons. The highest BCUT2D eigenvalue weighted by molar-refractivity contribution is 7.92. The van der Waals surface area contributed by atoms with Gasteiger partial charge in [0.15, 0.2) is 9.84 Å². The lowest BCUT2D eigenvalue weighted by Gasteiger charge is -2.39. The van der Waals surface area contributed by atoms with Gasteiger partial charge >= 0.3 is 0 Å². The van der Waals surface area contributed by atoms with Crippen molar-refractivity contribution in [3.63, 3.8) is 0 Å². The molecule has 0 fully saturated rings. The minimum absolute atomic E-state index is 0.356. The van der Waals surface area contributed by atoms with E-state index in [1.165, 1.54) is 13.8 Å². The number of hydrogen-bond acceptors (Lipinski definition) is 5. The van der Waals surface area contributed by atoms with Crippen LogP contribution in [0.15, 0.2) is 18.2 Å². The molecule has 128 valence electrons. The highest BCUT2D eigenvalue weighted by atomic mass is 32.2. The molecule has 6 nitrogen and oxygen atoms in total. The van der Waals surface area contributed by atoms with Gasteiger partial charge in [0.2, 0.25) is 5.91 Å². The summed E-state index contributed by atoms with van der Waals surface area (Å²) >= 11 is 0. The Morgan fingerprint density at radius 2 is 2.00 bits per heavy atom. The van der Waals surface area contributed by atoms with Crippen LogP contribution < -0.4 is 15.8 Å². The zero-order valence-electron chi connectivity index (χ0n) is 14.1. The number of hydrogen-bond donors (Lipinski definition) is 2. The number of anilines is 1. The molecule has 1 atom stereocenters. The van der Waals surface area contributed by atoms with Crippen LogP contribution in [0.1, 0.15) is 45.7 Å². The van der Waals surface area contributed by atoms with Crippen molar-refractivity contribution in [2.75, 3.05) is 12.0 Å². The van der Waals surface area contributed by atoms with Crippen molar-refractivity contribution in [2.45, 2.75) is 50.5 Å². The smallest absolute Gasteiger partial charge is 0.241 e. The third kappa shape index (κ3) is 3.44. The summed E-state index contributed by atoms with van der Waals surface area (Å²) < 4.78 is 28.1. The number of carbonyl (C=O) groups excluding carboxylic acids is 1. The molecule has 1 aromatic carbocycles. The first-order valence-electron chi connectivity index (χ1n) is 7.42. The van der Waals surface area contributed by atoms with Crippen LogP contribution in [0.5, 0.6) is 5.75 Å².